The number of carbonyl (C=O) groups is 1. The van der Waals surface area contributed by atoms with Gasteiger partial charge in [0.05, 0.1) is 0 Å². The van der Waals surface area contributed by atoms with Crippen molar-refractivity contribution in [3.05, 3.63) is 0 Å². The third kappa shape index (κ3) is 5.28. The van der Waals surface area contributed by atoms with Crippen LogP contribution in [0.4, 0.5) is 0 Å². The first-order valence-corrected chi connectivity index (χ1v) is 13.2. The van der Waals surface area contributed by atoms with Gasteiger partial charge in [-0.3, -0.25) is 0 Å². The summed E-state index contributed by atoms with van der Waals surface area (Å²) in [5.41, 5.74) is 5.44. The Bertz CT molecular complexity index is 197. The summed E-state index contributed by atoms with van der Waals surface area (Å²) in [6.07, 6.45) is 0. The van der Waals surface area contributed by atoms with Crippen molar-refractivity contribution in [2.45, 2.75) is 24.6 Å². The van der Waals surface area contributed by atoms with Gasteiger partial charge in [0.1, 0.15) is 0 Å². The number of halogens is 4. The molecule has 2 atom stereocenters. The second-order valence-electron chi connectivity index (χ2n) is 3.18. The molecular formula is C6H13Cl4GeNO2. The van der Waals surface area contributed by atoms with Crippen LogP contribution in [0, 0.1) is 5.92 Å². The van der Waals surface area contributed by atoms with Crippen LogP contribution >= 0.6 is 42.4 Å². The monoisotopic (exact) mass is 345 g/mol. The maximum absolute atomic E-state index is 10.6. The molecule has 0 aliphatic carbocycles. The van der Waals surface area contributed by atoms with Gasteiger partial charge in [-0.15, -0.1) is 12.4 Å². The van der Waals surface area contributed by atoms with Crippen LogP contribution in [0.25, 0.3) is 0 Å². The fraction of sp³-hybridized carbons (Fsp3) is 0.833. The topological polar surface area (TPSA) is 63.3 Å². The summed E-state index contributed by atoms with van der Waals surface area (Å²) in [5.74, 6) is -1.14. The summed E-state index contributed by atoms with van der Waals surface area (Å²) in [5, 5.41) is 8.69. The predicted octanol–water partition coefficient (Wildman–Crippen LogP) is 2.50. The van der Waals surface area contributed by atoms with Crippen molar-refractivity contribution in [2.75, 3.05) is 0 Å². The molecule has 0 bridgehead atoms. The van der Waals surface area contributed by atoms with Crippen LogP contribution in [-0.2, 0) is 4.79 Å². The van der Waals surface area contributed by atoms with Crippen LogP contribution in [0.5, 0.6) is 0 Å². The molecule has 0 fully saturated rings. The van der Waals surface area contributed by atoms with Crippen molar-refractivity contribution in [1.29, 1.82) is 0 Å². The van der Waals surface area contributed by atoms with Crippen LogP contribution in [0.3, 0.4) is 0 Å². The molecule has 0 aliphatic heterocycles. The Labute approximate surface area is 105 Å². The first kappa shape index (κ1) is 17.5. The Morgan fingerprint density at radius 2 is 1.71 bits per heavy atom. The van der Waals surface area contributed by atoms with Crippen molar-refractivity contribution in [3.8, 4) is 0 Å². The van der Waals surface area contributed by atoms with Gasteiger partial charge in [-0.05, 0) is 0 Å². The first-order valence-electron chi connectivity index (χ1n) is 3.73. The zero-order chi connectivity index (χ0) is 10.8. The summed E-state index contributed by atoms with van der Waals surface area (Å²) in [6.45, 7) is 3.61. The van der Waals surface area contributed by atoms with Crippen LogP contribution in [0.1, 0.15) is 13.8 Å². The van der Waals surface area contributed by atoms with Crippen molar-refractivity contribution in [2.24, 2.45) is 11.7 Å². The Hall–Kier alpha value is 1.13. The fourth-order valence-electron chi connectivity index (χ4n) is 1.15. The van der Waals surface area contributed by atoms with E-state index in [4.69, 9.17) is 40.9 Å². The second-order valence-corrected chi connectivity index (χ2v) is 19.2. The molecule has 0 amide bonds. The molecule has 0 aromatic rings. The average Bonchev–Trinajstić information content (AvgIpc) is 1.82. The molecule has 14 heavy (non-hydrogen) atoms. The molecule has 0 rings (SSSR count). The van der Waals surface area contributed by atoms with Gasteiger partial charge in [0.2, 0.25) is 0 Å². The molecule has 86 valence electrons. The van der Waals surface area contributed by atoms with Crippen molar-refractivity contribution < 1.29 is 9.90 Å². The summed E-state index contributed by atoms with van der Waals surface area (Å²) >= 11 is 0. The van der Waals surface area contributed by atoms with E-state index in [1.807, 2.05) is 0 Å². The quantitative estimate of drug-likeness (QED) is 0.770. The molecular weight excluding hydrogens is 332 g/mol. The van der Waals surface area contributed by atoms with E-state index >= 15 is 0 Å². The molecule has 3 N–H and O–H groups in total. The third-order valence-corrected chi connectivity index (χ3v) is 9.43. The van der Waals surface area contributed by atoms with E-state index in [1.54, 1.807) is 13.8 Å². The number of nitrogens with two attached hydrogens (primary N) is 1. The Morgan fingerprint density at radius 3 is 1.79 bits per heavy atom. The summed E-state index contributed by atoms with van der Waals surface area (Å²) < 4.78 is -0.512. The number of aliphatic carboxylic acids is 1. The normalized spacial score (nSPS) is 15.9. The molecule has 0 aromatic carbocycles. The SMILES string of the molecule is CC(C)[CH](C(N)C(=O)O)[Ge]([Cl])([Cl])[Cl].Cl. The van der Waals surface area contributed by atoms with E-state index in [1.165, 1.54) is 0 Å². The molecule has 3 nitrogen and oxygen atoms in total. The number of carboxylic acids is 1. The van der Waals surface area contributed by atoms with Gasteiger partial charge in [-0.25, -0.2) is 0 Å². The summed E-state index contributed by atoms with van der Waals surface area (Å²) in [7, 11) is 13.9. The Morgan fingerprint density at radius 1 is 1.36 bits per heavy atom. The van der Waals surface area contributed by atoms with E-state index in [-0.39, 0.29) is 18.3 Å². The number of hydrogen-bond acceptors (Lipinski definition) is 2. The molecule has 0 aromatic heterocycles. The Kier molecular flexibility index (Phi) is 8.34. The fourth-order valence-corrected chi connectivity index (χ4v) is 9.93. The first-order chi connectivity index (χ1) is 5.68. The predicted molar refractivity (Wildman–Crippen MR) is 64.8 cm³/mol. The summed E-state index contributed by atoms with van der Waals surface area (Å²) in [4.78, 5) is 10.6. The number of hydrogen-bond donors (Lipinski definition) is 2. The van der Waals surface area contributed by atoms with Gasteiger partial charge in [0.15, 0.2) is 0 Å². The molecule has 0 aliphatic rings. The van der Waals surface area contributed by atoms with Crippen LogP contribution < -0.4 is 5.73 Å². The van der Waals surface area contributed by atoms with Crippen molar-refractivity contribution in [1.82, 2.24) is 0 Å². The number of rotatable bonds is 4. The molecule has 0 radical (unpaired) electrons. The minimum atomic E-state index is -3.56. The molecule has 0 heterocycles. The van der Waals surface area contributed by atoms with Gasteiger partial charge in [-0.2, -0.15) is 0 Å². The second kappa shape index (κ2) is 6.66. The standard InChI is InChI=1S/C6H12Cl3GeNO2.ClH/c1-3(2)4(10(7,8)9)5(11)6(12)13;/h3-5H,11H2,1-2H3,(H,12,13);1H. The minimum absolute atomic E-state index is 0. The van der Waals surface area contributed by atoms with Crippen LogP contribution in [-0.4, -0.2) is 27.6 Å². The minimum Gasteiger partial charge on any atom is -0.147 e. The van der Waals surface area contributed by atoms with E-state index in [0.29, 0.717) is 0 Å². The molecule has 0 saturated carbocycles. The van der Waals surface area contributed by atoms with E-state index < -0.39 is 27.2 Å². The van der Waals surface area contributed by atoms with Crippen molar-refractivity contribution in [3.63, 3.8) is 0 Å². The smallest absolute Gasteiger partial charge is 0.147 e. The van der Waals surface area contributed by atoms with Gasteiger partial charge in [0, 0.05) is 0 Å². The van der Waals surface area contributed by atoms with E-state index in [9.17, 15) is 4.79 Å². The zero-order valence-electron chi connectivity index (χ0n) is 7.71. The molecule has 2 unspecified atom stereocenters. The molecule has 0 saturated heterocycles. The van der Waals surface area contributed by atoms with Crippen molar-refractivity contribution >= 4 is 58.9 Å². The van der Waals surface area contributed by atoms with Gasteiger partial charge >= 0.3 is 92.7 Å². The largest absolute Gasteiger partial charge is 0.147 e. The molecule has 8 heteroatoms. The zero-order valence-corrected chi connectivity index (χ0v) is 12.9. The van der Waals surface area contributed by atoms with Gasteiger partial charge in [0.25, 0.3) is 0 Å². The average molecular weight is 346 g/mol. The third-order valence-electron chi connectivity index (χ3n) is 1.77. The van der Waals surface area contributed by atoms with E-state index in [0.717, 1.165) is 0 Å². The van der Waals surface area contributed by atoms with E-state index in [2.05, 4.69) is 0 Å². The maximum Gasteiger partial charge on any atom is -0.147 e. The molecule has 0 spiro atoms. The van der Waals surface area contributed by atoms with Gasteiger partial charge in [-0.1, -0.05) is 0 Å². The van der Waals surface area contributed by atoms with Crippen LogP contribution in [0.2, 0.25) is 4.75 Å². The summed E-state index contributed by atoms with van der Waals surface area (Å²) in [6, 6.07) is -1.08. The Balaban J connectivity index is 0. The van der Waals surface area contributed by atoms with Crippen LogP contribution in [0.15, 0.2) is 0 Å². The van der Waals surface area contributed by atoms with Gasteiger partial charge < -0.3 is 0 Å². The maximum atomic E-state index is 10.6. The number of carboxylic acid groups (broad SMARTS) is 1.